The SMILES string of the molecule is CCC(O)CC(C)(C)O[Si]. The minimum Gasteiger partial charge on any atom is -0.414 e. The molecule has 59 valence electrons. The average molecular weight is 159 g/mol. The molecule has 0 bridgehead atoms. The van der Waals surface area contributed by atoms with Crippen LogP contribution in [0.4, 0.5) is 0 Å². The Bertz CT molecular complexity index is 93.6. The molecular weight excluding hydrogens is 144 g/mol. The highest BCUT2D eigenvalue weighted by atomic mass is 28.2. The van der Waals surface area contributed by atoms with E-state index in [4.69, 9.17) is 4.43 Å². The maximum Gasteiger partial charge on any atom is 0.246 e. The normalized spacial score (nSPS) is 15.3. The Kier molecular flexibility index (Phi) is 4.16. The highest BCUT2D eigenvalue weighted by molar-refractivity contribution is 5.98. The summed E-state index contributed by atoms with van der Waals surface area (Å²) >= 11 is 0. The molecule has 2 nitrogen and oxygen atoms in total. The van der Waals surface area contributed by atoms with E-state index in [1.165, 1.54) is 0 Å². The third kappa shape index (κ3) is 4.03. The van der Waals surface area contributed by atoms with Gasteiger partial charge in [0.05, 0.1) is 11.7 Å². The number of hydrogen-bond donors (Lipinski definition) is 1. The van der Waals surface area contributed by atoms with Crippen molar-refractivity contribution in [3.63, 3.8) is 0 Å². The summed E-state index contributed by atoms with van der Waals surface area (Å²) in [6.45, 7) is 5.81. The lowest BCUT2D eigenvalue weighted by atomic mass is 10.00. The molecule has 1 unspecified atom stereocenters. The topological polar surface area (TPSA) is 29.5 Å². The molecule has 1 N–H and O–H groups in total. The summed E-state index contributed by atoms with van der Waals surface area (Å²) in [4.78, 5) is 0. The van der Waals surface area contributed by atoms with Crippen molar-refractivity contribution in [1.29, 1.82) is 0 Å². The number of rotatable bonds is 4. The first kappa shape index (κ1) is 10.1. The van der Waals surface area contributed by atoms with Gasteiger partial charge >= 0.3 is 0 Å². The van der Waals surface area contributed by atoms with Crippen LogP contribution in [0.5, 0.6) is 0 Å². The zero-order valence-corrected chi connectivity index (χ0v) is 7.85. The second-order valence-corrected chi connectivity index (χ2v) is 3.33. The molecule has 0 aliphatic heterocycles. The standard InChI is InChI=1S/C7H15O2Si/c1-4-6(8)5-7(2,3)9-10/h6,8H,4-5H2,1-3H3. The zero-order valence-electron chi connectivity index (χ0n) is 6.85. The minimum atomic E-state index is -0.272. The van der Waals surface area contributed by atoms with Gasteiger partial charge in [0.1, 0.15) is 0 Å². The average Bonchev–Trinajstić information content (AvgIpc) is 1.87. The first-order chi connectivity index (χ1) is 4.52. The van der Waals surface area contributed by atoms with Gasteiger partial charge in [-0.25, -0.2) is 0 Å². The molecule has 0 fully saturated rings. The summed E-state index contributed by atoms with van der Waals surface area (Å²) in [5, 5.41) is 9.22. The van der Waals surface area contributed by atoms with Crippen molar-refractivity contribution in [2.45, 2.75) is 45.3 Å². The van der Waals surface area contributed by atoms with Crippen LogP contribution in [0, 0.1) is 0 Å². The van der Waals surface area contributed by atoms with Crippen molar-refractivity contribution in [2.24, 2.45) is 0 Å². The van der Waals surface area contributed by atoms with Crippen LogP contribution >= 0.6 is 0 Å². The summed E-state index contributed by atoms with van der Waals surface area (Å²) in [5.41, 5.74) is -0.272. The van der Waals surface area contributed by atoms with Crippen molar-refractivity contribution in [1.82, 2.24) is 0 Å². The maximum absolute atomic E-state index is 9.22. The first-order valence-electron chi connectivity index (χ1n) is 3.54. The molecule has 0 aromatic carbocycles. The quantitative estimate of drug-likeness (QED) is 0.621. The summed E-state index contributed by atoms with van der Waals surface area (Å²) in [7, 11) is 2.96. The van der Waals surface area contributed by atoms with E-state index in [0.29, 0.717) is 6.42 Å². The molecule has 0 aliphatic carbocycles. The summed E-state index contributed by atoms with van der Waals surface area (Å²) in [6.07, 6.45) is 1.18. The summed E-state index contributed by atoms with van der Waals surface area (Å²) in [5.74, 6) is 0. The molecule has 3 heteroatoms. The van der Waals surface area contributed by atoms with Crippen LogP contribution in [-0.4, -0.2) is 27.3 Å². The van der Waals surface area contributed by atoms with E-state index in [2.05, 4.69) is 10.5 Å². The molecule has 10 heavy (non-hydrogen) atoms. The highest BCUT2D eigenvalue weighted by Gasteiger charge is 2.19. The van der Waals surface area contributed by atoms with Crippen LogP contribution < -0.4 is 0 Å². The van der Waals surface area contributed by atoms with Crippen LogP contribution in [0.2, 0.25) is 0 Å². The van der Waals surface area contributed by atoms with E-state index in [0.717, 1.165) is 6.42 Å². The van der Waals surface area contributed by atoms with Gasteiger partial charge in [-0.3, -0.25) is 0 Å². The van der Waals surface area contributed by atoms with Crippen molar-refractivity contribution in [3.8, 4) is 0 Å². The number of aliphatic hydroxyl groups is 1. The molecule has 0 heterocycles. The molecule has 0 aromatic heterocycles. The van der Waals surface area contributed by atoms with Gasteiger partial charge < -0.3 is 9.53 Å². The Labute approximate surface area is 66.1 Å². The van der Waals surface area contributed by atoms with Crippen molar-refractivity contribution in [2.75, 3.05) is 0 Å². The lowest BCUT2D eigenvalue weighted by Crippen LogP contribution is -2.28. The van der Waals surface area contributed by atoms with Crippen LogP contribution in [0.3, 0.4) is 0 Å². The van der Waals surface area contributed by atoms with Gasteiger partial charge in [0.25, 0.3) is 0 Å². The predicted octanol–water partition coefficient (Wildman–Crippen LogP) is 1.03. The van der Waals surface area contributed by atoms with Gasteiger partial charge in [-0.1, -0.05) is 6.92 Å². The van der Waals surface area contributed by atoms with Crippen LogP contribution in [0.25, 0.3) is 0 Å². The molecule has 1 atom stereocenters. The van der Waals surface area contributed by atoms with Gasteiger partial charge in [-0.15, -0.1) is 0 Å². The molecule has 0 aromatic rings. The number of aliphatic hydroxyl groups excluding tert-OH is 1. The lowest BCUT2D eigenvalue weighted by Gasteiger charge is -2.25. The largest absolute Gasteiger partial charge is 0.414 e. The molecule has 0 amide bonds. The van der Waals surface area contributed by atoms with Crippen LogP contribution in [0.15, 0.2) is 0 Å². The van der Waals surface area contributed by atoms with Gasteiger partial charge in [-0.05, 0) is 20.3 Å². The molecule has 0 saturated heterocycles. The van der Waals surface area contributed by atoms with E-state index in [-0.39, 0.29) is 11.7 Å². The molecule has 0 aliphatic rings. The van der Waals surface area contributed by atoms with E-state index in [9.17, 15) is 5.11 Å². The van der Waals surface area contributed by atoms with E-state index < -0.39 is 0 Å². The monoisotopic (exact) mass is 159 g/mol. The van der Waals surface area contributed by atoms with E-state index in [1.54, 1.807) is 0 Å². The Balaban J connectivity index is 3.64. The summed E-state index contributed by atoms with van der Waals surface area (Å²) < 4.78 is 4.96. The Morgan fingerprint density at radius 3 is 2.40 bits per heavy atom. The Morgan fingerprint density at radius 1 is 1.60 bits per heavy atom. The Hall–Kier alpha value is 0.137. The Morgan fingerprint density at radius 2 is 2.10 bits per heavy atom. The fourth-order valence-electron chi connectivity index (χ4n) is 0.753. The summed E-state index contributed by atoms with van der Waals surface area (Å²) in [6, 6.07) is 0. The smallest absolute Gasteiger partial charge is 0.246 e. The second-order valence-electron chi connectivity index (χ2n) is 3.13. The van der Waals surface area contributed by atoms with Crippen LogP contribution in [-0.2, 0) is 4.43 Å². The molecule has 0 saturated carbocycles. The van der Waals surface area contributed by atoms with Crippen molar-refractivity contribution >= 4 is 10.5 Å². The first-order valence-corrected chi connectivity index (χ1v) is 3.95. The van der Waals surface area contributed by atoms with Gasteiger partial charge in [0.15, 0.2) is 0 Å². The molecule has 3 radical (unpaired) electrons. The van der Waals surface area contributed by atoms with Crippen molar-refractivity contribution < 1.29 is 9.53 Å². The van der Waals surface area contributed by atoms with Gasteiger partial charge in [0, 0.05) is 6.42 Å². The fourth-order valence-corrected chi connectivity index (χ4v) is 0.837. The van der Waals surface area contributed by atoms with Gasteiger partial charge in [-0.2, -0.15) is 0 Å². The minimum absolute atomic E-state index is 0.258. The number of hydrogen-bond acceptors (Lipinski definition) is 2. The molecular formula is C7H15O2Si. The molecule has 0 spiro atoms. The predicted molar refractivity (Wildman–Crippen MR) is 41.8 cm³/mol. The lowest BCUT2D eigenvalue weighted by molar-refractivity contribution is 0.0433. The maximum atomic E-state index is 9.22. The third-order valence-electron chi connectivity index (χ3n) is 1.47. The zero-order chi connectivity index (χ0) is 8.20. The van der Waals surface area contributed by atoms with Crippen LogP contribution in [0.1, 0.15) is 33.6 Å². The van der Waals surface area contributed by atoms with Crippen molar-refractivity contribution in [3.05, 3.63) is 0 Å². The fraction of sp³-hybridized carbons (Fsp3) is 1.00. The second kappa shape index (κ2) is 4.11. The van der Waals surface area contributed by atoms with E-state index >= 15 is 0 Å². The highest BCUT2D eigenvalue weighted by Crippen LogP contribution is 2.16. The van der Waals surface area contributed by atoms with Gasteiger partial charge in [0.2, 0.25) is 10.5 Å². The van der Waals surface area contributed by atoms with E-state index in [1.807, 2.05) is 20.8 Å². The molecule has 0 rings (SSSR count). The third-order valence-corrected chi connectivity index (χ3v) is 2.03.